The quantitative estimate of drug-likeness (QED) is 0.678. The highest BCUT2D eigenvalue weighted by molar-refractivity contribution is 5.76. The topological polar surface area (TPSA) is 55.7 Å². The van der Waals surface area contributed by atoms with Gasteiger partial charge >= 0.3 is 6.03 Å². The van der Waals surface area contributed by atoms with Crippen molar-refractivity contribution in [2.45, 2.75) is 19.0 Å². The SMILES string of the molecule is COc1ccc(OC)c([C@H]2c3cccn3CCN2C(=O)NCCc2ccccc2)c1. The number of methoxy groups -OCH3 is 2. The van der Waals surface area contributed by atoms with Gasteiger partial charge in [0.05, 0.1) is 14.2 Å². The van der Waals surface area contributed by atoms with E-state index in [1.165, 1.54) is 5.56 Å². The van der Waals surface area contributed by atoms with E-state index in [-0.39, 0.29) is 12.1 Å². The van der Waals surface area contributed by atoms with E-state index in [4.69, 9.17) is 9.47 Å². The van der Waals surface area contributed by atoms with Crippen molar-refractivity contribution >= 4 is 6.03 Å². The predicted octanol–water partition coefficient (Wildman–Crippen LogP) is 3.86. The number of urea groups is 1. The normalized spacial score (nSPS) is 15.4. The fourth-order valence-corrected chi connectivity index (χ4v) is 4.04. The summed E-state index contributed by atoms with van der Waals surface area (Å²) in [6, 6.07) is 19.6. The van der Waals surface area contributed by atoms with E-state index in [1.807, 2.05) is 47.4 Å². The van der Waals surface area contributed by atoms with Crippen LogP contribution in [-0.2, 0) is 13.0 Å². The molecule has 0 spiro atoms. The molecule has 2 aromatic carbocycles. The summed E-state index contributed by atoms with van der Waals surface area (Å²) in [6.07, 6.45) is 2.85. The monoisotopic (exact) mass is 405 g/mol. The van der Waals surface area contributed by atoms with E-state index in [2.05, 4.69) is 34.3 Å². The molecule has 156 valence electrons. The zero-order valence-corrected chi connectivity index (χ0v) is 17.4. The summed E-state index contributed by atoms with van der Waals surface area (Å²) in [4.78, 5) is 15.1. The van der Waals surface area contributed by atoms with Gasteiger partial charge in [0.1, 0.15) is 17.5 Å². The number of aromatic nitrogens is 1. The smallest absolute Gasteiger partial charge is 0.318 e. The number of nitrogens with one attached hydrogen (secondary N) is 1. The van der Waals surface area contributed by atoms with Gasteiger partial charge in [-0.2, -0.15) is 0 Å². The maximum Gasteiger partial charge on any atom is 0.318 e. The maximum absolute atomic E-state index is 13.2. The van der Waals surface area contributed by atoms with Crippen LogP contribution in [0.3, 0.4) is 0 Å². The Morgan fingerprint density at radius 3 is 2.63 bits per heavy atom. The Morgan fingerprint density at radius 2 is 1.87 bits per heavy atom. The van der Waals surface area contributed by atoms with Gasteiger partial charge in [0, 0.05) is 37.1 Å². The van der Waals surface area contributed by atoms with Gasteiger partial charge in [-0.3, -0.25) is 0 Å². The third-order valence-electron chi connectivity index (χ3n) is 5.56. The van der Waals surface area contributed by atoms with Gasteiger partial charge < -0.3 is 24.3 Å². The minimum absolute atomic E-state index is 0.0757. The summed E-state index contributed by atoms with van der Waals surface area (Å²) in [5.74, 6) is 1.47. The number of nitrogens with zero attached hydrogens (tertiary/aromatic N) is 2. The Morgan fingerprint density at radius 1 is 1.03 bits per heavy atom. The molecule has 1 aliphatic heterocycles. The van der Waals surface area contributed by atoms with Crippen molar-refractivity contribution in [3.8, 4) is 11.5 Å². The van der Waals surface area contributed by atoms with Gasteiger partial charge in [0.25, 0.3) is 0 Å². The molecular formula is C24H27N3O3. The third kappa shape index (κ3) is 3.99. The van der Waals surface area contributed by atoms with Gasteiger partial charge in [0.15, 0.2) is 0 Å². The molecule has 3 aromatic rings. The van der Waals surface area contributed by atoms with Crippen LogP contribution in [0.1, 0.15) is 22.9 Å². The molecule has 1 aliphatic rings. The number of rotatable bonds is 6. The van der Waals surface area contributed by atoms with Crippen molar-refractivity contribution < 1.29 is 14.3 Å². The maximum atomic E-state index is 13.2. The first-order valence-electron chi connectivity index (χ1n) is 10.2. The second-order valence-electron chi connectivity index (χ2n) is 7.30. The molecule has 6 nitrogen and oxygen atoms in total. The first kappa shape index (κ1) is 19.9. The molecule has 0 bridgehead atoms. The summed E-state index contributed by atoms with van der Waals surface area (Å²) in [7, 11) is 3.29. The van der Waals surface area contributed by atoms with E-state index < -0.39 is 0 Å². The van der Waals surface area contributed by atoms with Crippen LogP contribution in [0.5, 0.6) is 11.5 Å². The molecule has 6 heteroatoms. The molecule has 30 heavy (non-hydrogen) atoms. The largest absolute Gasteiger partial charge is 0.497 e. The fourth-order valence-electron chi connectivity index (χ4n) is 4.04. The predicted molar refractivity (Wildman–Crippen MR) is 116 cm³/mol. The van der Waals surface area contributed by atoms with Crippen LogP contribution in [0, 0.1) is 0 Å². The van der Waals surface area contributed by atoms with E-state index >= 15 is 0 Å². The van der Waals surface area contributed by atoms with Crippen LogP contribution < -0.4 is 14.8 Å². The molecule has 0 aliphatic carbocycles. The summed E-state index contributed by atoms with van der Waals surface area (Å²) in [5, 5.41) is 3.10. The molecular weight excluding hydrogens is 378 g/mol. The zero-order valence-electron chi connectivity index (χ0n) is 17.4. The molecule has 1 atom stereocenters. The highest BCUT2D eigenvalue weighted by Gasteiger charge is 2.34. The third-order valence-corrected chi connectivity index (χ3v) is 5.56. The van der Waals surface area contributed by atoms with Crippen molar-refractivity contribution in [2.75, 3.05) is 27.3 Å². The number of carbonyl (C=O) groups is 1. The highest BCUT2D eigenvalue weighted by Crippen LogP contribution is 2.39. The Hall–Kier alpha value is -3.41. The van der Waals surface area contributed by atoms with E-state index in [0.717, 1.165) is 35.7 Å². The van der Waals surface area contributed by atoms with Crippen molar-refractivity contribution in [3.05, 3.63) is 83.7 Å². The molecule has 2 amide bonds. The Kier molecular flexibility index (Phi) is 5.93. The molecule has 4 rings (SSSR count). The van der Waals surface area contributed by atoms with Gasteiger partial charge in [-0.15, -0.1) is 0 Å². The number of fused-ring (bicyclic) bond motifs is 1. The molecule has 0 fully saturated rings. The fraction of sp³-hybridized carbons (Fsp3) is 0.292. The van der Waals surface area contributed by atoms with Gasteiger partial charge in [0.2, 0.25) is 0 Å². The van der Waals surface area contributed by atoms with Crippen LogP contribution in [0.4, 0.5) is 4.79 Å². The molecule has 0 saturated carbocycles. The van der Waals surface area contributed by atoms with Crippen molar-refractivity contribution in [2.24, 2.45) is 0 Å². The van der Waals surface area contributed by atoms with Crippen LogP contribution in [0.2, 0.25) is 0 Å². The zero-order chi connectivity index (χ0) is 20.9. The molecule has 0 saturated heterocycles. The number of amides is 2. The standard InChI is InChI=1S/C24H27N3O3/c1-29-19-10-11-22(30-2)20(17-19)23-21-9-6-14-26(21)15-16-27(23)24(28)25-13-12-18-7-4-3-5-8-18/h3-11,14,17,23H,12-13,15-16H2,1-2H3,(H,25,28)/t23-/m0/s1. The highest BCUT2D eigenvalue weighted by atomic mass is 16.5. The lowest BCUT2D eigenvalue weighted by Crippen LogP contribution is -2.47. The summed E-state index contributed by atoms with van der Waals surface area (Å²) < 4.78 is 13.3. The molecule has 0 radical (unpaired) electrons. The van der Waals surface area contributed by atoms with Gasteiger partial charge in [-0.25, -0.2) is 4.79 Å². The summed E-state index contributed by atoms with van der Waals surface area (Å²) >= 11 is 0. The second kappa shape index (κ2) is 8.95. The number of carbonyl (C=O) groups excluding carboxylic acids is 1. The van der Waals surface area contributed by atoms with Crippen LogP contribution in [-0.4, -0.2) is 42.8 Å². The van der Waals surface area contributed by atoms with Gasteiger partial charge in [-0.05, 0) is 42.3 Å². The number of ether oxygens (including phenoxy) is 2. The average Bonchev–Trinajstić information content (AvgIpc) is 3.27. The minimum Gasteiger partial charge on any atom is -0.497 e. The van der Waals surface area contributed by atoms with Crippen LogP contribution >= 0.6 is 0 Å². The molecule has 0 unspecified atom stereocenters. The van der Waals surface area contributed by atoms with Crippen molar-refractivity contribution in [1.29, 1.82) is 0 Å². The second-order valence-corrected chi connectivity index (χ2v) is 7.30. The summed E-state index contributed by atoms with van der Waals surface area (Å²) in [5.41, 5.74) is 3.18. The van der Waals surface area contributed by atoms with Crippen LogP contribution in [0.25, 0.3) is 0 Å². The summed E-state index contributed by atoms with van der Waals surface area (Å²) in [6.45, 7) is 1.96. The first-order valence-corrected chi connectivity index (χ1v) is 10.2. The Labute approximate surface area is 177 Å². The number of benzene rings is 2. The van der Waals surface area contributed by atoms with E-state index in [0.29, 0.717) is 13.1 Å². The first-order chi connectivity index (χ1) is 14.7. The van der Waals surface area contributed by atoms with E-state index in [9.17, 15) is 4.79 Å². The Bertz CT molecular complexity index is 1000. The molecule has 2 heterocycles. The van der Waals surface area contributed by atoms with Gasteiger partial charge in [-0.1, -0.05) is 30.3 Å². The minimum atomic E-state index is -0.254. The van der Waals surface area contributed by atoms with E-state index in [1.54, 1.807) is 14.2 Å². The number of hydrogen-bond donors (Lipinski definition) is 1. The van der Waals surface area contributed by atoms with Crippen molar-refractivity contribution in [3.63, 3.8) is 0 Å². The molecule has 1 aromatic heterocycles. The molecule has 1 N–H and O–H groups in total. The lowest BCUT2D eigenvalue weighted by atomic mass is 9.98. The van der Waals surface area contributed by atoms with Crippen LogP contribution in [0.15, 0.2) is 66.9 Å². The number of hydrogen-bond acceptors (Lipinski definition) is 3. The van der Waals surface area contributed by atoms with Crippen molar-refractivity contribution in [1.82, 2.24) is 14.8 Å². The lowest BCUT2D eigenvalue weighted by molar-refractivity contribution is 0.167. The Balaban J connectivity index is 1.60. The average molecular weight is 405 g/mol. The lowest BCUT2D eigenvalue weighted by Gasteiger charge is -2.37.